The van der Waals surface area contributed by atoms with Gasteiger partial charge in [-0.3, -0.25) is 4.79 Å². The zero-order valence-corrected chi connectivity index (χ0v) is 12.8. The van der Waals surface area contributed by atoms with Gasteiger partial charge in [-0.25, -0.2) is 4.98 Å². The standard InChI is InChI=1S/C17H16N2O2S/c20-16(10-11-21-13-6-2-1-3-7-13)18-12-17-19-14-8-4-5-9-15(14)22-17/h1-9H,10-12H2,(H,18,20). The number of carbonyl (C=O) groups excluding carboxylic acids is 1. The van der Waals surface area contributed by atoms with Crippen molar-refractivity contribution in [3.63, 3.8) is 0 Å². The van der Waals surface area contributed by atoms with Crippen LogP contribution in [0.15, 0.2) is 54.6 Å². The van der Waals surface area contributed by atoms with E-state index in [-0.39, 0.29) is 5.91 Å². The monoisotopic (exact) mass is 312 g/mol. The molecule has 1 heterocycles. The molecule has 1 amide bonds. The number of nitrogens with zero attached hydrogens (tertiary/aromatic N) is 1. The predicted octanol–water partition coefficient (Wildman–Crippen LogP) is 3.38. The van der Waals surface area contributed by atoms with Gasteiger partial charge in [-0.1, -0.05) is 30.3 Å². The van der Waals surface area contributed by atoms with Crippen molar-refractivity contribution in [1.29, 1.82) is 0 Å². The Labute approximate surface area is 132 Å². The van der Waals surface area contributed by atoms with Gasteiger partial charge < -0.3 is 10.1 Å². The number of benzene rings is 2. The maximum absolute atomic E-state index is 11.8. The topological polar surface area (TPSA) is 51.2 Å². The number of rotatable bonds is 6. The van der Waals surface area contributed by atoms with Crippen LogP contribution in [0, 0.1) is 0 Å². The minimum absolute atomic E-state index is 0.0322. The van der Waals surface area contributed by atoms with E-state index in [2.05, 4.69) is 10.3 Å². The summed E-state index contributed by atoms with van der Waals surface area (Å²) in [6.45, 7) is 0.833. The minimum atomic E-state index is -0.0322. The van der Waals surface area contributed by atoms with E-state index in [1.54, 1.807) is 11.3 Å². The Balaban J connectivity index is 1.44. The Morgan fingerprint density at radius 1 is 1.09 bits per heavy atom. The van der Waals surface area contributed by atoms with Crippen LogP contribution < -0.4 is 10.1 Å². The van der Waals surface area contributed by atoms with Crippen molar-refractivity contribution in [3.8, 4) is 5.75 Å². The summed E-state index contributed by atoms with van der Waals surface area (Å²) in [4.78, 5) is 16.3. The molecule has 0 saturated carbocycles. The van der Waals surface area contributed by atoms with E-state index >= 15 is 0 Å². The van der Waals surface area contributed by atoms with Crippen LogP contribution in [0.3, 0.4) is 0 Å². The number of carbonyl (C=O) groups is 1. The Kier molecular flexibility index (Phi) is 4.65. The number of aromatic nitrogens is 1. The molecule has 1 N–H and O–H groups in total. The highest BCUT2D eigenvalue weighted by Crippen LogP contribution is 2.21. The van der Waals surface area contributed by atoms with Crippen LogP contribution in [0.4, 0.5) is 0 Å². The number of amides is 1. The van der Waals surface area contributed by atoms with Crippen molar-refractivity contribution in [3.05, 3.63) is 59.6 Å². The third-order valence-corrected chi connectivity index (χ3v) is 4.15. The third kappa shape index (κ3) is 3.83. The van der Waals surface area contributed by atoms with Gasteiger partial charge in [0.2, 0.25) is 5.91 Å². The molecule has 4 nitrogen and oxygen atoms in total. The molecule has 3 rings (SSSR count). The molecule has 22 heavy (non-hydrogen) atoms. The second-order valence-electron chi connectivity index (χ2n) is 4.76. The number of hydrogen-bond acceptors (Lipinski definition) is 4. The summed E-state index contributed by atoms with van der Waals surface area (Å²) in [5.74, 6) is 0.747. The molecular formula is C17H16N2O2S. The molecule has 1 aromatic heterocycles. The number of fused-ring (bicyclic) bond motifs is 1. The zero-order valence-electron chi connectivity index (χ0n) is 12.0. The van der Waals surface area contributed by atoms with Gasteiger partial charge in [-0.2, -0.15) is 0 Å². The fraction of sp³-hybridized carbons (Fsp3) is 0.176. The highest BCUT2D eigenvalue weighted by atomic mass is 32.1. The van der Waals surface area contributed by atoms with Crippen molar-refractivity contribution in [1.82, 2.24) is 10.3 Å². The van der Waals surface area contributed by atoms with Crippen LogP contribution >= 0.6 is 11.3 Å². The quantitative estimate of drug-likeness (QED) is 0.759. The van der Waals surface area contributed by atoms with E-state index < -0.39 is 0 Å². The molecule has 0 aliphatic heterocycles. The predicted molar refractivity (Wildman–Crippen MR) is 88.0 cm³/mol. The SMILES string of the molecule is O=C(CCOc1ccccc1)NCc1nc2ccccc2s1. The van der Waals surface area contributed by atoms with Crippen LogP contribution in [-0.2, 0) is 11.3 Å². The summed E-state index contributed by atoms with van der Waals surface area (Å²) in [5, 5.41) is 3.79. The minimum Gasteiger partial charge on any atom is -0.493 e. The normalized spacial score (nSPS) is 10.5. The molecule has 0 aliphatic rings. The summed E-state index contributed by atoms with van der Waals surface area (Å²) in [5.41, 5.74) is 0.976. The van der Waals surface area contributed by atoms with Gasteiger partial charge in [0.1, 0.15) is 10.8 Å². The smallest absolute Gasteiger partial charge is 0.223 e. The van der Waals surface area contributed by atoms with Crippen molar-refractivity contribution in [2.75, 3.05) is 6.61 Å². The van der Waals surface area contributed by atoms with Crippen LogP contribution in [0.2, 0.25) is 0 Å². The Morgan fingerprint density at radius 3 is 2.68 bits per heavy atom. The van der Waals surface area contributed by atoms with Gasteiger partial charge in [-0.15, -0.1) is 11.3 Å². The molecule has 0 spiro atoms. The van der Waals surface area contributed by atoms with E-state index in [0.717, 1.165) is 21.0 Å². The van der Waals surface area contributed by atoms with E-state index in [0.29, 0.717) is 19.6 Å². The fourth-order valence-electron chi connectivity index (χ4n) is 2.04. The van der Waals surface area contributed by atoms with Gasteiger partial charge in [-0.05, 0) is 24.3 Å². The highest BCUT2D eigenvalue weighted by Gasteiger charge is 2.06. The van der Waals surface area contributed by atoms with Crippen molar-refractivity contribution in [2.24, 2.45) is 0 Å². The number of para-hydroxylation sites is 2. The molecule has 0 fully saturated rings. The first-order chi connectivity index (χ1) is 10.8. The molecule has 2 aromatic carbocycles. The second kappa shape index (κ2) is 7.04. The molecule has 5 heteroatoms. The summed E-state index contributed by atoms with van der Waals surface area (Å²) < 4.78 is 6.64. The van der Waals surface area contributed by atoms with Crippen LogP contribution in [0.5, 0.6) is 5.75 Å². The average Bonchev–Trinajstić information content (AvgIpc) is 2.97. The van der Waals surface area contributed by atoms with Gasteiger partial charge in [0, 0.05) is 0 Å². The van der Waals surface area contributed by atoms with Crippen molar-refractivity contribution in [2.45, 2.75) is 13.0 Å². The molecule has 0 aliphatic carbocycles. The third-order valence-electron chi connectivity index (χ3n) is 3.12. The van der Waals surface area contributed by atoms with Gasteiger partial charge in [0.15, 0.2) is 0 Å². The van der Waals surface area contributed by atoms with E-state index in [1.165, 1.54) is 0 Å². The average molecular weight is 312 g/mol. The van der Waals surface area contributed by atoms with Crippen molar-refractivity contribution >= 4 is 27.5 Å². The zero-order chi connectivity index (χ0) is 15.2. The molecule has 0 unspecified atom stereocenters. The summed E-state index contributed by atoms with van der Waals surface area (Å²) >= 11 is 1.60. The largest absolute Gasteiger partial charge is 0.493 e. The lowest BCUT2D eigenvalue weighted by Gasteiger charge is -2.06. The van der Waals surface area contributed by atoms with E-state index in [1.807, 2.05) is 54.6 Å². The molecule has 0 atom stereocenters. The summed E-state index contributed by atoms with van der Waals surface area (Å²) in [6.07, 6.45) is 0.333. The molecular weight excluding hydrogens is 296 g/mol. The Bertz CT molecular complexity index is 722. The first-order valence-electron chi connectivity index (χ1n) is 7.10. The molecule has 112 valence electrons. The highest BCUT2D eigenvalue weighted by molar-refractivity contribution is 7.18. The van der Waals surface area contributed by atoms with Crippen LogP contribution in [-0.4, -0.2) is 17.5 Å². The first kappa shape index (κ1) is 14.5. The molecule has 0 saturated heterocycles. The van der Waals surface area contributed by atoms with Crippen LogP contribution in [0.25, 0.3) is 10.2 Å². The molecule has 0 radical (unpaired) electrons. The second-order valence-corrected chi connectivity index (χ2v) is 5.88. The summed E-state index contributed by atoms with van der Waals surface area (Å²) in [6, 6.07) is 17.5. The van der Waals surface area contributed by atoms with Gasteiger partial charge >= 0.3 is 0 Å². The lowest BCUT2D eigenvalue weighted by molar-refractivity contribution is -0.121. The number of hydrogen-bond donors (Lipinski definition) is 1. The molecule has 3 aromatic rings. The summed E-state index contributed by atoms with van der Waals surface area (Å²) in [7, 11) is 0. The lowest BCUT2D eigenvalue weighted by Crippen LogP contribution is -2.24. The van der Waals surface area contributed by atoms with Gasteiger partial charge in [0.05, 0.1) is 29.8 Å². The van der Waals surface area contributed by atoms with Crippen LogP contribution in [0.1, 0.15) is 11.4 Å². The molecule has 0 bridgehead atoms. The maximum atomic E-state index is 11.8. The number of nitrogens with one attached hydrogen (secondary N) is 1. The number of thiazole rings is 1. The lowest BCUT2D eigenvalue weighted by atomic mass is 10.3. The maximum Gasteiger partial charge on any atom is 0.223 e. The first-order valence-corrected chi connectivity index (χ1v) is 7.92. The van der Waals surface area contributed by atoms with E-state index in [9.17, 15) is 4.79 Å². The Hall–Kier alpha value is -2.40. The fourth-order valence-corrected chi connectivity index (χ4v) is 2.94. The van der Waals surface area contributed by atoms with E-state index in [4.69, 9.17) is 4.74 Å². The number of ether oxygens (including phenoxy) is 1. The van der Waals surface area contributed by atoms with Gasteiger partial charge in [0.25, 0.3) is 0 Å². The Morgan fingerprint density at radius 2 is 1.86 bits per heavy atom. The van der Waals surface area contributed by atoms with Crippen molar-refractivity contribution < 1.29 is 9.53 Å².